The Kier molecular flexibility index (Phi) is 4.02. The van der Waals surface area contributed by atoms with E-state index >= 15 is 0 Å². The minimum Gasteiger partial charge on any atom is -0.381 e. The lowest BCUT2D eigenvalue weighted by Crippen LogP contribution is -2.44. The fourth-order valence-corrected chi connectivity index (χ4v) is 4.66. The van der Waals surface area contributed by atoms with E-state index in [1.165, 1.54) is 12.8 Å². The summed E-state index contributed by atoms with van der Waals surface area (Å²) in [7, 11) is 0. The molecule has 1 amide bonds. The first kappa shape index (κ1) is 15.0. The van der Waals surface area contributed by atoms with Crippen molar-refractivity contribution in [1.82, 2.24) is 9.88 Å². The van der Waals surface area contributed by atoms with Crippen LogP contribution in [0.2, 0.25) is 0 Å². The predicted octanol–water partition coefficient (Wildman–Crippen LogP) is 2.71. The number of nitrogens with one attached hydrogen (secondary N) is 1. The van der Waals surface area contributed by atoms with Gasteiger partial charge in [-0.3, -0.25) is 4.79 Å². The molecular weight excluding hydrogens is 288 g/mol. The van der Waals surface area contributed by atoms with Crippen LogP contribution in [0.25, 0.3) is 0 Å². The van der Waals surface area contributed by atoms with Crippen molar-refractivity contribution in [1.29, 1.82) is 0 Å². The SMILES string of the molecule is O=C(CC1(n2cccc2)CCOCC1)NCC1CC2C=CC1C2. The normalized spacial score (nSPS) is 31.4. The number of allylic oxidation sites excluding steroid dienone is 2. The molecule has 3 aliphatic rings. The maximum absolute atomic E-state index is 12.6. The summed E-state index contributed by atoms with van der Waals surface area (Å²) in [6.07, 6.45) is 13.8. The lowest BCUT2D eigenvalue weighted by Gasteiger charge is -2.38. The summed E-state index contributed by atoms with van der Waals surface area (Å²) in [6.45, 7) is 2.31. The number of carbonyl (C=O) groups excluding carboxylic acids is 1. The minimum absolute atomic E-state index is 0.111. The van der Waals surface area contributed by atoms with Crippen molar-refractivity contribution >= 4 is 5.91 Å². The van der Waals surface area contributed by atoms with E-state index < -0.39 is 0 Å². The highest BCUT2D eigenvalue weighted by Crippen LogP contribution is 2.43. The van der Waals surface area contributed by atoms with E-state index in [2.05, 4.69) is 34.4 Å². The Morgan fingerprint density at radius 1 is 1.17 bits per heavy atom. The fourth-order valence-electron chi connectivity index (χ4n) is 4.66. The molecule has 0 aromatic carbocycles. The largest absolute Gasteiger partial charge is 0.381 e. The van der Waals surface area contributed by atoms with Crippen LogP contribution in [0.5, 0.6) is 0 Å². The zero-order valence-corrected chi connectivity index (χ0v) is 13.6. The third-order valence-corrected chi connectivity index (χ3v) is 6.04. The van der Waals surface area contributed by atoms with E-state index in [0.717, 1.165) is 38.5 Å². The Balaban J connectivity index is 1.37. The molecule has 2 bridgehead atoms. The molecule has 2 aliphatic carbocycles. The molecule has 1 aromatic rings. The van der Waals surface area contributed by atoms with Crippen molar-refractivity contribution in [3.63, 3.8) is 0 Å². The Bertz CT molecular complexity index is 572. The first-order valence-electron chi connectivity index (χ1n) is 8.91. The van der Waals surface area contributed by atoms with Gasteiger partial charge in [0.15, 0.2) is 0 Å². The molecule has 23 heavy (non-hydrogen) atoms. The van der Waals surface area contributed by atoms with Gasteiger partial charge in [-0.1, -0.05) is 12.2 Å². The van der Waals surface area contributed by atoms with E-state index in [9.17, 15) is 4.79 Å². The molecule has 1 saturated carbocycles. The third-order valence-electron chi connectivity index (χ3n) is 6.04. The smallest absolute Gasteiger partial charge is 0.222 e. The quantitative estimate of drug-likeness (QED) is 0.849. The average molecular weight is 314 g/mol. The van der Waals surface area contributed by atoms with Gasteiger partial charge in [0.1, 0.15) is 0 Å². The van der Waals surface area contributed by atoms with E-state index in [4.69, 9.17) is 4.74 Å². The number of rotatable bonds is 5. The maximum Gasteiger partial charge on any atom is 0.222 e. The van der Waals surface area contributed by atoms with Crippen molar-refractivity contribution in [3.8, 4) is 0 Å². The molecule has 2 heterocycles. The fraction of sp³-hybridized carbons (Fsp3) is 0.632. The molecule has 1 saturated heterocycles. The lowest BCUT2D eigenvalue weighted by molar-refractivity contribution is -0.124. The molecule has 1 aliphatic heterocycles. The van der Waals surface area contributed by atoms with Crippen molar-refractivity contribution < 1.29 is 9.53 Å². The minimum atomic E-state index is -0.111. The van der Waals surface area contributed by atoms with Crippen LogP contribution >= 0.6 is 0 Å². The predicted molar refractivity (Wildman–Crippen MR) is 88.9 cm³/mol. The van der Waals surface area contributed by atoms with E-state index in [1.807, 2.05) is 12.1 Å². The zero-order chi connectivity index (χ0) is 15.7. The van der Waals surface area contributed by atoms with Crippen LogP contribution in [0.3, 0.4) is 0 Å². The Hall–Kier alpha value is -1.55. The number of carbonyl (C=O) groups is 1. The number of hydrogen-bond acceptors (Lipinski definition) is 2. The Morgan fingerprint density at radius 2 is 1.96 bits per heavy atom. The highest BCUT2D eigenvalue weighted by molar-refractivity contribution is 5.77. The summed E-state index contributed by atoms with van der Waals surface area (Å²) >= 11 is 0. The van der Waals surface area contributed by atoms with Gasteiger partial charge < -0.3 is 14.6 Å². The number of amides is 1. The summed E-state index contributed by atoms with van der Waals surface area (Å²) in [5, 5.41) is 3.22. The number of ether oxygens (including phenoxy) is 1. The summed E-state index contributed by atoms with van der Waals surface area (Å²) in [5.74, 6) is 2.30. The van der Waals surface area contributed by atoms with Gasteiger partial charge in [0.05, 0.1) is 12.0 Å². The van der Waals surface area contributed by atoms with Gasteiger partial charge >= 0.3 is 0 Å². The first-order chi connectivity index (χ1) is 11.3. The Morgan fingerprint density at radius 3 is 2.61 bits per heavy atom. The summed E-state index contributed by atoms with van der Waals surface area (Å²) < 4.78 is 7.74. The summed E-state index contributed by atoms with van der Waals surface area (Å²) in [5.41, 5.74) is -0.111. The highest BCUT2D eigenvalue weighted by Gasteiger charge is 2.38. The van der Waals surface area contributed by atoms with Crippen LogP contribution in [0.15, 0.2) is 36.7 Å². The number of hydrogen-bond donors (Lipinski definition) is 1. The van der Waals surface area contributed by atoms with Crippen LogP contribution in [0.1, 0.15) is 32.1 Å². The van der Waals surface area contributed by atoms with Crippen molar-refractivity contribution in [2.45, 2.75) is 37.6 Å². The van der Waals surface area contributed by atoms with Gasteiger partial charge in [0, 0.05) is 32.2 Å². The van der Waals surface area contributed by atoms with Gasteiger partial charge in [-0.15, -0.1) is 0 Å². The highest BCUT2D eigenvalue weighted by atomic mass is 16.5. The Labute approximate surface area is 137 Å². The van der Waals surface area contributed by atoms with Crippen LogP contribution in [-0.4, -0.2) is 30.2 Å². The lowest BCUT2D eigenvalue weighted by atomic mass is 9.85. The van der Waals surface area contributed by atoms with Crippen LogP contribution < -0.4 is 5.32 Å². The van der Waals surface area contributed by atoms with Crippen molar-refractivity contribution in [2.24, 2.45) is 17.8 Å². The molecule has 4 nitrogen and oxygen atoms in total. The summed E-state index contributed by atoms with van der Waals surface area (Å²) in [4.78, 5) is 12.6. The number of aromatic nitrogens is 1. The van der Waals surface area contributed by atoms with E-state index in [-0.39, 0.29) is 11.4 Å². The molecule has 4 rings (SSSR count). The average Bonchev–Trinajstić information content (AvgIpc) is 3.31. The molecule has 0 spiro atoms. The molecule has 1 aromatic heterocycles. The molecular formula is C19H26N2O2. The number of fused-ring (bicyclic) bond motifs is 2. The second kappa shape index (κ2) is 6.16. The first-order valence-corrected chi connectivity index (χ1v) is 8.91. The van der Waals surface area contributed by atoms with Gasteiger partial charge in [-0.25, -0.2) is 0 Å². The van der Waals surface area contributed by atoms with Gasteiger partial charge in [0.2, 0.25) is 5.91 Å². The molecule has 3 unspecified atom stereocenters. The van der Waals surface area contributed by atoms with Crippen molar-refractivity contribution in [2.75, 3.05) is 19.8 Å². The second-order valence-corrected chi connectivity index (χ2v) is 7.45. The zero-order valence-electron chi connectivity index (χ0n) is 13.6. The van der Waals surface area contributed by atoms with E-state index in [0.29, 0.717) is 18.3 Å². The number of nitrogens with zero attached hydrogens (tertiary/aromatic N) is 1. The third kappa shape index (κ3) is 2.97. The standard InChI is InChI=1S/C19H26N2O2/c22-18(20-14-17-12-15-3-4-16(17)11-15)13-19(5-9-23-10-6-19)21-7-1-2-8-21/h1-4,7-8,15-17H,5-6,9-14H2,(H,20,22). The van der Waals surface area contributed by atoms with Gasteiger partial charge in [0.25, 0.3) is 0 Å². The van der Waals surface area contributed by atoms with Crippen LogP contribution in [0.4, 0.5) is 0 Å². The monoisotopic (exact) mass is 314 g/mol. The van der Waals surface area contributed by atoms with Gasteiger partial charge in [-0.2, -0.15) is 0 Å². The second-order valence-electron chi connectivity index (χ2n) is 7.45. The molecule has 3 atom stereocenters. The molecule has 124 valence electrons. The molecule has 1 N–H and O–H groups in total. The maximum atomic E-state index is 12.6. The molecule has 0 radical (unpaired) electrons. The topological polar surface area (TPSA) is 43.3 Å². The van der Waals surface area contributed by atoms with E-state index in [1.54, 1.807) is 0 Å². The van der Waals surface area contributed by atoms with Crippen LogP contribution in [0, 0.1) is 17.8 Å². The van der Waals surface area contributed by atoms with Crippen molar-refractivity contribution in [3.05, 3.63) is 36.7 Å². The molecule has 2 fully saturated rings. The molecule has 4 heteroatoms. The van der Waals surface area contributed by atoms with Crippen LogP contribution in [-0.2, 0) is 15.1 Å². The summed E-state index contributed by atoms with van der Waals surface area (Å²) in [6, 6.07) is 4.08. The van der Waals surface area contributed by atoms with Gasteiger partial charge in [-0.05, 0) is 55.6 Å².